The van der Waals surface area contributed by atoms with Crippen LogP contribution in [0.15, 0.2) is 78.2 Å². The van der Waals surface area contributed by atoms with Crippen LogP contribution in [0.3, 0.4) is 0 Å². The number of pyridine rings is 1. The molecular weight excluding hydrogens is 404 g/mol. The van der Waals surface area contributed by atoms with E-state index in [-0.39, 0.29) is 16.5 Å². The van der Waals surface area contributed by atoms with Gasteiger partial charge in [-0.15, -0.1) is 0 Å². The SMILES string of the molecule is O=C1C2=CC(OCC[N+]3([O-])CCOCC3)CC=C2C(c2ccccc2)=C1c1cccnc1. The summed E-state index contributed by atoms with van der Waals surface area (Å²) >= 11 is 0. The van der Waals surface area contributed by atoms with E-state index in [0.717, 1.165) is 22.3 Å². The minimum absolute atomic E-state index is 0.00286. The van der Waals surface area contributed by atoms with E-state index >= 15 is 0 Å². The minimum Gasteiger partial charge on any atom is -0.633 e. The van der Waals surface area contributed by atoms with E-state index in [4.69, 9.17) is 9.47 Å². The first-order chi connectivity index (χ1) is 15.6. The largest absolute Gasteiger partial charge is 0.633 e. The van der Waals surface area contributed by atoms with Crippen molar-refractivity contribution in [1.82, 2.24) is 4.98 Å². The molecule has 1 fully saturated rings. The van der Waals surface area contributed by atoms with E-state index in [9.17, 15) is 10.0 Å². The zero-order valence-electron chi connectivity index (χ0n) is 17.9. The Bertz CT molecular complexity index is 1080. The van der Waals surface area contributed by atoms with Gasteiger partial charge >= 0.3 is 0 Å². The fourth-order valence-corrected chi connectivity index (χ4v) is 4.58. The summed E-state index contributed by atoms with van der Waals surface area (Å²) in [6.07, 6.45) is 7.93. The molecule has 0 N–H and O–H groups in total. The van der Waals surface area contributed by atoms with Crippen LogP contribution < -0.4 is 0 Å². The number of hydrogen-bond acceptors (Lipinski definition) is 5. The number of quaternary nitrogens is 1. The number of Topliss-reactive ketones (excluding diaryl/α,β-unsaturated/α-hetero) is 1. The molecule has 2 aromatic rings. The molecule has 164 valence electrons. The summed E-state index contributed by atoms with van der Waals surface area (Å²) in [5, 5.41) is 12.7. The standard InChI is InChI=1S/C26H26N2O4/c29-26-23-17-21(32-16-13-28(30)11-14-31-15-12-28)8-9-22(23)24(19-5-2-1-3-6-19)25(26)20-7-4-10-27-18-20/h1-7,9-10,17-18,21H,8,11-16H2. The minimum atomic E-state index is -0.270. The molecular formula is C26H26N2O4. The molecule has 1 saturated heterocycles. The van der Waals surface area contributed by atoms with Gasteiger partial charge in [0.15, 0.2) is 5.78 Å². The maximum atomic E-state index is 13.5. The van der Waals surface area contributed by atoms with E-state index < -0.39 is 0 Å². The van der Waals surface area contributed by atoms with Crippen LogP contribution in [-0.4, -0.2) is 61.0 Å². The van der Waals surface area contributed by atoms with Crippen molar-refractivity contribution in [3.05, 3.63) is 94.5 Å². The summed E-state index contributed by atoms with van der Waals surface area (Å²) in [5.41, 5.74) is 5.09. The molecule has 32 heavy (non-hydrogen) atoms. The van der Waals surface area contributed by atoms with Crippen LogP contribution >= 0.6 is 0 Å². The van der Waals surface area contributed by atoms with Crippen molar-refractivity contribution < 1.29 is 18.9 Å². The lowest BCUT2D eigenvalue weighted by atomic mass is 9.91. The highest BCUT2D eigenvalue weighted by Crippen LogP contribution is 2.46. The highest BCUT2D eigenvalue weighted by molar-refractivity contribution is 6.43. The molecule has 1 aromatic carbocycles. The Hall–Kier alpha value is -2.90. The summed E-state index contributed by atoms with van der Waals surface area (Å²) in [6.45, 7) is 2.71. The number of nitrogens with zero attached hydrogens (tertiary/aromatic N) is 2. The lowest BCUT2D eigenvalue weighted by Gasteiger charge is -2.45. The average Bonchev–Trinajstić information content (AvgIpc) is 3.12. The predicted octanol–water partition coefficient (Wildman–Crippen LogP) is 3.56. The third kappa shape index (κ3) is 4.10. The molecule has 1 atom stereocenters. The molecule has 3 aliphatic rings. The predicted molar refractivity (Wildman–Crippen MR) is 122 cm³/mol. The van der Waals surface area contributed by atoms with Gasteiger partial charge in [0, 0.05) is 34.7 Å². The normalized spacial score (nSPS) is 22.4. The maximum Gasteiger partial charge on any atom is 0.194 e. The highest BCUT2D eigenvalue weighted by atomic mass is 16.6. The van der Waals surface area contributed by atoms with Gasteiger partial charge in [-0.2, -0.15) is 0 Å². The van der Waals surface area contributed by atoms with Gasteiger partial charge in [-0.05, 0) is 29.7 Å². The first-order valence-electron chi connectivity index (χ1n) is 11.1. The molecule has 1 unspecified atom stereocenters. The molecule has 6 heteroatoms. The fraction of sp³-hybridized carbons (Fsp3) is 0.308. The summed E-state index contributed by atoms with van der Waals surface area (Å²) in [4.78, 5) is 17.7. The van der Waals surface area contributed by atoms with Crippen molar-refractivity contribution in [3.63, 3.8) is 0 Å². The number of ketones is 1. The molecule has 0 spiro atoms. The topological polar surface area (TPSA) is 71.5 Å². The quantitative estimate of drug-likeness (QED) is 0.518. The zero-order valence-corrected chi connectivity index (χ0v) is 17.9. The third-order valence-electron chi connectivity index (χ3n) is 6.32. The molecule has 5 rings (SSSR count). The molecule has 0 radical (unpaired) electrons. The first kappa shape index (κ1) is 21.0. The van der Waals surface area contributed by atoms with Gasteiger partial charge < -0.3 is 19.3 Å². The van der Waals surface area contributed by atoms with Crippen molar-refractivity contribution in [2.24, 2.45) is 0 Å². The van der Waals surface area contributed by atoms with Crippen molar-refractivity contribution in [2.45, 2.75) is 12.5 Å². The van der Waals surface area contributed by atoms with Crippen LogP contribution in [0.25, 0.3) is 11.1 Å². The van der Waals surface area contributed by atoms with E-state index in [1.807, 2.05) is 48.5 Å². The highest BCUT2D eigenvalue weighted by Gasteiger charge is 2.36. The van der Waals surface area contributed by atoms with Crippen LogP contribution in [0.1, 0.15) is 17.5 Å². The van der Waals surface area contributed by atoms with Gasteiger partial charge in [-0.25, -0.2) is 0 Å². The number of ether oxygens (including phenoxy) is 2. The Morgan fingerprint density at radius 1 is 1.03 bits per heavy atom. The summed E-state index contributed by atoms with van der Waals surface area (Å²) in [6, 6.07) is 13.8. The van der Waals surface area contributed by atoms with Crippen molar-refractivity contribution in [2.75, 3.05) is 39.5 Å². The van der Waals surface area contributed by atoms with E-state index in [2.05, 4.69) is 11.1 Å². The Morgan fingerprint density at radius 2 is 1.81 bits per heavy atom. The molecule has 1 aromatic heterocycles. The average molecular weight is 431 g/mol. The van der Waals surface area contributed by atoms with Crippen molar-refractivity contribution in [1.29, 1.82) is 0 Å². The van der Waals surface area contributed by atoms with Gasteiger partial charge in [-0.1, -0.05) is 42.5 Å². The summed E-state index contributed by atoms with van der Waals surface area (Å²) in [7, 11) is 0. The van der Waals surface area contributed by atoms with E-state index in [1.54, 1.807) is 12.4 Å². The molecule has 0 saturated carbocycles. The Kier molecular flexibility index (Phi) is 5.85. The fourth-order valence-electron chi connectivity index (χ4n) is 4.58. The van der Waals surface area contributed by atoms with Crippen LogP contribution in [0, 0.1) is 5.21 Å². The lowest BCUT2D eigenvalue weighted by molar-refractivity contribution is -0.889. The van der Waals surface area contributed by atoms with Crippen LogP contribution in [0.2, 0.25) is 0 Å². The van der Waals surface area contributed by atoms with E-state index in [1.165, 1.54) is 0 Å². The van der Waals surface area contributed by atoms with Crippen molar-refractivity contribution >= 4 is 16.9 Å². The molecule has 2 heterocycles. The van der Waals surface area contributed by atoms with Gasteiger partial charge in [0.05, 0.1) is 25.9 Å². The Labute approximate surface area is 187 Å². The molecule has 6 nitrogen and oxygen atoms in total. The monoisotopic (exact) mass is 430 g/mol. The number of hydrogen-bond donors (Lipinski definition) is 0. The Morgan fingerprint density at radius 3 is 2.56 bits per heavy atom. The second-order valence-electron chi connectivity index (χ2n) is 8.37. The number of morpholine rings is 1. The third-order valence-corrected chi connectivity index (χ3v) is 6.32. The molecule has 1 aliphatic heterocycles. The van der Waals surface area contributed by atoms with Crippen LogP contribution in [0.5, 0.6) is 0 Å². The number of aromatic nitrogens is 1. The Balaban J connectivity index is 1.39. The van der Waals surface area contributed by atoms with Crippen LogP contribution in [-0.2, 0) is 14.3 Å². The lowest BCUT2D eigenvalue weighted by Crippen LogP contribution is -2.52. The second kappa shape index (κ2) is 8.92. The van der Waals surface area contributed by atoms with Gasteiger partial charge in [0.1, 0.15) is 19.6 Å². The van der Waals surface area contributed by atoms with Gasteiger partial charge in [-0.3, -0.25) is 9.78 Å². The second-order valence-corrected chi connectivity index (χ2v) is 8.37. The van der Waals surface area contributed by atoms with Gasteiger partial charge in [0.2, 0.25) is 0 Å². The number of allylic oxidation sites excluding steroid dienone is 4. The number of carbonyl (C=O) groups excluding carboxylic acids is 1. The number of fused-ring (bicyclic) bond motifs is 1. The number of carbonyl (C=O) groups is 1. The molecule has 0 bridgehead atoms. The van der Waals surface area contributed by atoms with E-state index in [0.29, 0.717) is 57.0 Å². The molecule has 2 aliphatic carbocycles. The smallest absolute Gasteiger partial charge is 0.194 e. The number of hydroxylamine groups is 3. The van der Waals surface area contributed by atoms with Crippen LogP contribution in [0.4, 0.5) is 0 Å². The molecule has 0 amide bonds. The first-order valence-corrected chi connectivity index (χ1v) is 11.1. The zero-order chi connectivity index (χ0) is 22.0. The summed E-state index contributed by atoms with van der Waals surface area (Å²) < 4.78 is 11.1. The maximum absolute atomic E-state index is 13.5. The van der Waals surface area contributed by atoms with Crippen molar-refractivity contribution in [3.8, 4) is 0 Å². The number of benzene rings is 1. The summed E-state index contributed by atoms with van der Waals surface area (Å²) in [5.74, 6) is -0.00286. The number of rotatable bonds is 6. The van der Waals surface area contributed by atoms with Gasteiger partial charge in [0.25, 0.3) is 0 Å².